The second-order valence-corrected chi connectivity index (χ2v) is 6.01. The number of alkyl halides is 1. The highest BCUT2D eigenvalue weighted by Gasteiger charge is 2.39. The first-order chi connectivity index (χ1) is 9.47. The number of hydrogen-bond donors (Lipinski definition) is 2. The average molecular weight is 297 g/mol. The Morgan fingerprint density at radius 3 is 2.70 bits per heavy atom. The lowest BCUT2D eigenvalue weighted by Crippen LogP contribution is -2.24. The normalized spacial score (nSPS) is 16.4. The molecule has 1 saturated carbocycles. The van der Waals surface area contributed by atoms with E-state index in [4.69, 9.17) is 16.0 Å². The van der Waals surface area contributed by atoms with Gasteiger partial charge < -0.3 is 4.42 Å². The molecule has 2 N–H and O–H groups in total. The summed E-state index contributed by atoms with van der Waals surface area (Å²) in [5.74, 6) is 0. The van der Waals surface area contributed by atoms with E-state index in [9.17, 15) is 14.4 Å². The van der Waals surface area contributed by atoms with Crippen LogP contribution in [0.25, 0.3) is 11.1 Å². The van der Waals surface area contributed by atoms with Crippen molar-refractivity contribution in [2.75, 3.05) is 0 Å². The van der Waals surface area contributed by atoms with Gasteiger partial charge >= 0.3 is 11.3 Å². The number of hydrogen-bond acceptors (Lipinski definition) is 4. The number of aryl methyl sites for hydroxylation is 1. The molecule has 0 aliphatic heterocycles. The first-order valence-corrected chi connectivity index (χ1v) is 6.83. The molecular weight excluding hydrogens is 284 g/mol. The molecule has 0 unspecified atom stereocenters. The zero-order chi connectivity index (χ0) is 14.3. The summed E-state index contributed by atoms with van der Waals surface area (Å²) in [6.07, 6.45) is 4.20. The summed E-state index contributed by atoms with van der Waals surface area (Å²) in [5, 5.41) is 0.226. The lowest BCUT2D eigenvalue weighted by Gasteiger charge is -2.06. The lowest BCUT2D eigenvalue weighted by molar-refractivity contribution is 0.543. The van der Waals surface area contributed by atoms with Crippen LogP contribution in [0.4, 0.5) is 0 Å². The topological polar surface area (TPSA) is 95.9 Å². The van der Waals surface area contributed by atoms with Crippen LogP contribution >= 0.6 is 11.6 Å². The number of aromatic nitrogens is 2. The Hall–Kier alpha value is -1.82. The van der Waals surface area contributed by atoms with Crippen LogP contribution in [0.2, 0.25) is 0 Å². The molecule has 0 bridgehead atoms. The fourth-order valence-electron chi connectivity index (χ4n) is 2.36. The molecule has 106 valence electrons. The number of halogens is 1. The van der Waals surface area contributed by atoms with Gasteiger partial charge in [0.1, 0.15) is 5.39 Å². The molecule has 1 aliphatic carbocycles. The van der Waals surface area contributed by atoms with Gasteiger partial charge in [-0.25, -0.2) is 9.59 Å². The molecule has 0 atom stereocenters. The number of nitrogens with one attached hydrogen (secondary N) is 2. The third-order valence-corrected chi connectivity index (χ3v) is 4.15. The van der Waals surface area contributed by atoms with Crippen LogP contribution < -0.4 is 16.9 Å². The van der Waals surface area contributed by atoms with Crippen LogP contribution in [0.3, 0.4) is 0 Å². The van der Waals surface area contributed by atoms with E-state index in [1.54, 1.807) is 0 Å². The minimum atomic E-state index is -0.694. The van der Waals surface area contributed by atoms with Gasteiger partial charge in [0.15, 0.2) is 0 Å². The van der Waals surface area contributed by atoms with Crippen LogP contribution in [0, 0.1) is 0 Å². The minimum absolute atomic E-state index is 0.0757. The van der Waals surface area contributed by atoms with Crippen LogP contribution in [0.1, 0.15) is 31.2 Å². The highest BCUT2D eigenvalue weighted by molar-refractivity contribution is 6.25. The molecule has 0 aromatic carbocycles. The smallest absolute Gasteiger partial charge is 0.337 e. The summed E-state index contributed by atoms with van der Waals surface area (Å²) in [4.78, 5) is 38.9. The largest absolute Gasteiger partial charge is 0.405 e. The quantitative estimate of drug-likeness (QED) is 0.830. The Kier molecular flexibility index (Phi) is 3.05. The number of aromatic amines is 2. The maximum Gasteiger partial charge on any atom is 0.337 e. The maximum absolute atomic E-state index is 11.8. The zero-order valence-corrected chi connectivity index (χ0v) is 11.4. The standard InChI is InChI=1S/C13H13ClN2O4/c14-13(4-5-13)3-1-2-7-6-8(17)20-11-9(7)10(18)15-12(19)16-11/h6H,1-5H2,(H2,15,16,18,19). The van der Waals surface area contributed by atoms with Gasteiger partial charge in [-0.1, -0.05) is 0 Å². The van der Waals surface area contributed by atoms with Crippen LogP contribution in [-0.4, -0.2) is 14.8 Å². The second kappa shape index (κ2) is 4.63. The van der Waals surface area contributed by atoms with Crippen LogP contribution in [-0.2, 0) is 6.42 Å². The summed E-state index contributed by atoms with van der Waals surface area (Å²) in [6.45, 7) is 0. The second-order valence-electron chi connectivity index (χ2n) is 5.21. The van der Waals surface area contributed by atoms with Gasteiger partial charge in [-0.05, 0) is 37.7 Å². The number of rotatable bonds is 4. The molecule has 2 aromatic rings. The molecule has 1 aliphatic rings. The molecule has 0 saturated heterocycles. The van der Waals surface area contributed by atoms with Crippen molar-refractivity contribution in [3.63, 3.8) is 0 Å². The summed E-state index contributed by atoms with van der Waals surface area (Å²) < 4.78 is 4.87. The van der Waals surface area contributed by atoms with Crippen molar-refractivity contribution in [1.29, 1.82) is 0 Å². The first kappa shape index (κ1) is 13.2. The van der Waals surface area contributed by atoms with Crippen LogP contribution in [0.5, 0.6) is 0 Å². The minimum Gasteiger partial charge on any atom is -0.405 e. The fourth-order valence-corrected chi connectivity index (χ4v) is 2.58. The molecule has 2 heterocycles. The van der Waals surface area contributed by atoms with Gasteiger partial charge in [-0.15, -0.1) is 11.6 Å². The third kappa shape index (κ3) is 2.56. The Bertz CT molecular complexity index is 823. The lowest BCUT2D eigenvalue weighted by atomic mass is 10.0. The molecule has 1 fully saturated rings. The van der Waals surface area contributed by atoms with Crippen molar-refractivity contribution < 1.29 is 4.42 Å². The Balaban J connectivity index is 1.98. The first-order valence-electron chi connectivity index (χ1n) is 6.45. The zero-order valence-electron chi connectivity index (χ0n) is 10.6. The highest BCUT2D eigenvalue weighted by atomic mass is 35.5. The van der Waals surface area contributed by atoms with Crippen molar-refractivity contribution in [3.05, 3.63) is 42.9 Å². The van der Waals surface area contributed by atoms with Gasteiger partial charge in [0.2, 0.25) is 5.71 Å². The Labute approximate surface area is 117 Å². The van der Waals surface area contributed by atoms with E-state index in [0.29, 0.717) is 12.0 Å². The van der Waals surface area contributed by atoms with E-state index >= 15 is 0 Å². The summed E-state index contributed by atoms with van der Waals surface area (Å²) in [6, 6.07) is 1.30. The Morgan fingerprint density at radius 2 is 2.00 bits per heavy atom. The van der Waals surface area contributed by atoms with Crippen molar-refractivity contribution in [2.45, 2.75) is 37.0 Å². The van der Waals surface area contributed by atoms with Crippen molar-refractivity contribution in [3.8, 4) is 0 Å². The summed E-state index contributed by atoms with van der Waals surface area (Å²) >= 11 is 6.22. The highest BCUT2D eigenvalue weighted by Crippen LogP contribution is 2.46. The van der Waals surface area contributed by atoms with E-state index in [0.717, 1.165) is 25.7 Å². The third-order valence-electron chi connectivity index (χ3n) is 3.59. The Morgan fingerprint density at radius 1 is 1.25 bits per heavy atom. The molecule has 20 heavy (non-hydrogen) atoms. The molecule has 0 radical (unpaired) electrons. The van der Waals surface area contributed by atoms with E-state index < -0.39 is 16.9 Å². The molecular formula is C13H13ClN2O4. The predicted octanol–water partition coefficient (Wildman–Crippen LogP) is 1.26. The number of H-pyrrole nitrogens is 2. The van der Waals surface area contributed by atoms with E-state index in [1.807, 2.05) is 0 Å². The average Bonchev–Trinajstić information content (AvgIpc) is 3.05. The molecule has 6 nitrogen and oxygen atoms in total. The van der Waals surface area contributed by atoms with E-state index in [2.05, 4.69) is 9.97 Å². The maximum atomic E-state index is 11.8. The molecule has 3 rings (SSSR count). The van der Waals surface area contributed by atoms with Crippen LogP contribution in [0.15, 0.2) is 24.9 Å². The van der Waals surface area contributed by atoms with Gasteiger partial charge in [-0.2, -0.15) is 0 Å². The van der Waals surface area contributed by atoms with E-state index in [1.165, 1.54) is 6.07 Å². The van der Waals surface area contributed by atoms with Gasteiger partial charge in [0.25, 0.3) is 5.56 Å². The molecule has 0 amide bonds. The molecule has 2 aromatic heterocycles. The SMILES string of the molecule is O=c1[nH]c(=O)c2c(CCCC3(Cl)CC3)cc(=O)oc2[nH]1. The molecule has 0 spiro atoms. The monoisotopic (exact) mass is 296 g/mol. The summed E-state index contributed by atoms with van der Waals surface area (Å²) in [7, 11) is 0. The molecule has 7 heteroatoms. The van der Waals surface area contributed by atoms with E-state index in [-0.39, 0.29) is 16.0 Å². The van der Waals surface area contributed by atoms with Crippen molar-refractivity contribution in [1.82, 2.24) is 9.97 Å². The predicted molar refractivity (Wildman–Crippen MR) is 74.5 cm³/mol. The summed E-state index contributed by atoms with van der Waals surface area (Å²) in [5.41, 5.74) is -1.32. The fraction of sp³-hybridized carbons (Fsp3) is 0.462. The van der Waals surface area contributed by atoms with Crippen molar-refractivity contribution >= 4 is 22.7 Å². The van der Waals surface area contributed by atoms with Gasteiger partial charge in [0.05, 0.1) is 0 Å². The van der Waals surface area contributed by atoms with Gasteiger partial charge in [0, 0.05) is 10.9 Å². The van der Waals surface area contributed by atoms with Crippen molar-refractivity contribution in [2.24, 2.45) is 0 Å². The number of fused-ring (bicyclic) bond motifs is 1. The van der Waals surface area contributed by atoms with Gasteiger partial charge in [-0.3, -0.25) is 14.8 Å².